The quantitative estimate of drug-likeness (QED) is 0.0261. The first kappa shape index (κ1) is 73.4. The Hall–Kier alpha value is -2.63. The first-order valence-corrected chi connectivity index (χ1v) is 33.6. The molecule has 0 aromatic rings. The summed E-state index contributed by atoms with van der Waals surface area (Å²) < 4.78 is 17.0. The molecule has 0 aliphatic carbocycles. The molecule has 0 aliphatic rings. The molecule has 6 heteroatoms. The molecule has 0 N–H and O–H groups in total. The van der Waals surface area contributed by atoms with Crippen LogP contribution in [0, 0.1) is 0 Å². The Labute approximate surface area is 473 Å². The van der Waals surface area contributed by atoms with E-state index in [1.54, 1.807) is 0 Å². The van der Waals surface area contributed by atoms with Gasteiger partial charge in [-0.05, 0) is 83.5 Å². The average Bonchev–Trinajstić information content (AvgIpc) is 3.42. The Morgan fingerprint density at radius 1 is 0.263 bits per heavy atom. The predicted octanol–water partition coefficient (Wildman–Crippen LogP) is 22.9. The van der Waals surface area contributed by atoms with Gasteiger partial charge in [0.1, 0.15) is 13.2 Å². The summed E-state index contributed by atoms with van der Waals surface area (Å²) >= 11 is 0. The van der Waals surface area contributed by atoms with Gasteiger partial charge in [0.2, 0.25) is 0 Å². The fourth-order valence-corrected chi connectivity index (χ4v) is 9.98. The van der Waals surface area contributed by atoms with E-state index < -0.39 is 6.10 Å². The molecule has 0 spiro atoms. The van der Waals surface area contributed by atoms with Crippen LogP contribution in [0.25, 0.3) is 0 Å². The van der Waals surface area contributed by atoms with Crippen LogP contribution >= 0.6 is 0 Å². The van der Waals surface area contributed by atoms with Crippen molar-refractivity contribution in [1.82, 2.24) is 0 Å². The van der Waals surface area contributed by atoms with Gasteiger partial charge >= 0.3 is 17.9 Å². The average molecular weight is 1070 g/mol. The molecule has 0 heterocycles. The second-order valence-corrected chi connectivity index (χ2v) is 22.7. The molecule has 0 aromatic heterocycles. The molecular formula is C70H128O6. The number of rotatable bonds is 62. The molecule has 6 nitrogen and oxygen atoms in total. The van der Waals surface area contributed by atoms with Crippen LogP contribution in [0.15, 0.2) is 48.6 Å². The van der Waals surface area contributed by atoms with Gasteiger partial charge in [-0.15, -0.1) is 0 Å². The molecule has 0 amide bonds. The Bertz CT molecular complexity index is 1310. The van der Waals surface area contributed by atoms with E-state index in [0.717, 1.165) is 77.0 Å². The minimum Gasteiger partial charge on any atom is -0.462 e. The topological polar surface area (TPSA) is 78.9 Å². The second-order valence-electron chi connectivity index (χ2n) is 22.7. The number of unbranched alkanes of at least 4 members (excludes halogenated alkanes) is 43. The maximum atomic E-state index is 12.9. The van der Waals surface area contributed by atoms with Crippen molar-refractivity contribution in [2.45, 2.75) is 367 Å². The maximum absolute atomic E-state index is 12.9. The van der Waals surface area contributed by atoms with Gasteiger partial charge in [-0.1, -0.05) is 307 Å². The molecular weight excluding hydrogens is 937 g/mol. The SMILES string of the molecule is CCCCCC/C=C\C/C=C\CCCCCCCCCC(=O)OC(COC(=O)CCCCCCCCCCCCCCC)COC(=O)CCCCCCCCCCCCCCCCC/C=C\C/C=C\CCCCCCC. The highest BCUT2D eigenvalue weighted by molar-refractivity contribution is 5.71. The zero-order valence-corrected chi connectivity index (χ0v) is 51.0. The normalized spacial score (nSPS) is 12.3. The second kappa shape index (κ2) is 64.9. The summed E-state index contributed by atoms with van der Waals surface area (Å²) in [7, 11) is 0. The lowest BCUT2D eigenvalue weighted by Crippen LogP contribution is -2.30. The minimum absolute atomic E-state index is 0.0718. The van der Waals surface area contributed by atoms with Crippen molar-refractivity contribution < 1.29 is 28.6 Å². The van der Waals surface area contributed by atoms with Gasteiger partial charge in [0, 0.05) is 19.3 Å². The van der Waals surface area contributed by atoms with Crippen molar-refractivity contribution in [2.24, 2.45) is 0 Å². The van der Waals surface area contributed by atoms with Crippen molar-refractivity contribution in [3.63, 3.8) is 0 Å². The number of ether oxygens (including phenoxy) is 3. The third-order valence-corrected chi connectivity index (χ3v) is 15.1. The number of carbonyl (C=O) groups is 3. The minimum atomic E-state index is -0.775. The molecule has 0 radical (unpaired) electrons. The van der Waals surface area contributed by atoms with Gasteiger partial charge in [0.05, 0.1) is 0 Å². The Morgan fingerprint density at radius 3 is 0.737 bits per heavy atom. The number of esters is 3. The monoisotopic (exact) mass is 1060 g/mol. The van der Waals surface area contributed by atoms with Crippen LogP contribution in [0.4, 0.5) is 0 Å². The largest absolute Gasteiger partial charge is 0.462 e. The summed E-state index contributed by atoms with van der Waals surface area (Å²) in [4.78, 5) is 38.3. The highest BCUT2D eigenvalue weighted by Gasteiger charge is 2.19. The first-order valence-electron chi connectivity index (χ1n) is 33.6. The molecule has 0 bridgehead atoms. The zero-order chi connectivity index (χ0) is 55.0. The molecule has 0 aliphatic heterocycles. The lowest BCUT2D eigenvalue weighted by molar-refractivity contribution is -0.167. The first-order chi connectivity index (χ1) is 37.5. The van der Waals surface area contributed by atoms with Crippen LogP contribution in [0.2, 0.25) is 0 Å². The van der Waals surface area contributed by atoms with Crippen molar-refractivity contribution in [2.75, 3.05) is 13.2 Å². The number of hydrogen-bond acceptors (Lipinski definition) is 6. The highest BCUT2D eigenvalue weighted by atomic mass is 16.6. The Morgan fingerprint density at radius 2 is 0.474 bits per heavy atom. The van der Waals surface area contributed by atoms with Crippen molar-refractivity contribution in [3.05, 3.63) is 48.6 Å². The molecule has 0 saturated carbocycles. The standard InChI is InChI=1S/C70H128O6/c1-4-7-10-13-16-19-22-25-27-29-31-32-33-34-35-36-37-38-39-41-42-45-48-51-54-57-60-63-69(72)75-66-67(65-74-68(71)62-59-56-53-50-47-44-24-21-18-15-12-9-6-3)76-70(73)64-61-58-55-52-49-46-43-40-30-28-26-23-20-17-14-11-8-5-2/h20,22-23,25,28-31,67H,4-19,21,24,26-27,32-66H2,1-3H3/b23-20-,25-22-,30-28-,31-29-. The lowest BCUT2D eigenvalue weighted by Gasteiger charge is -2.18. The molecule has 76 heavy (non-hydrogen) atoms. The van der Waals surface area contributed by atoms with E-state index in [1.807, 2.05) is 0 Å². The van der Waals surface area contributed by atoms with Crippen LogP contribution in [-0.2, 0) is 28.6 Å². The van der Waals surface area contributed by atoms with Crippen molar-refractivity contribution in [1.29, 1.82) is 0 Å². The summed E-state index contributed by atoms with van der Waals surface area (Å²) in [6.07, 6.45) is 81.2. The van der Waals surface area contributed by atoms with E-state index in [-0.39, 0.29) is 31.1 Å². The van der Waals surface area contributed by atoms with Gasteiger partial charge < -0.3 is 14.2 Å². The number of hydrogen-bond donors (Lipinski definition) is 0. The van der Waals surface area contributed by atoms with E-state index in [0.29, 0.717) is 19.3 Å². The molecule has 0 fully saturated rings. The van der Waals surface area contributed by atoms with Crippen LogP contribution in [-0.4, -0.2) is 37.2 Å². The summed E-state index contributed by atoms with van der Waals surface area (Å²) in [6, 6.07) is 0. The van der Waals surface area contributed by atoms with Gasteiger partial charge in [0.15, 0.2) is 6.10 Å². The van der Waals surface area contributed by atoms with Crippen LogP contribution in [0.5, 0.6) is 0 Å². The molecule has 1 unspecified atom stereocenters. The van der Waals surface area contributed by atoms with E-state index in [4.69, 9.17) is 14.2 Å². The van der Waals surface area contributed by atoms with Crippen LogP contribution in [0.1, 0.15) is 361 Å². The fraction of sp³-hybridized carbons (Fsp3) is 0.843. The van der Waals surface area contributed by atoms with E-state index in [1.165, 1.54) is 244 Å². The van der Waals surface area contributed by atoms with Gasteiger partial charge in [-0.2, -0.15) is 0 Å². The van der Waals surface area contributed by atoms with Gasteiger partial charge in [0.25, 0.3) is 0 Å². The smallest absolute Gasteiger partial charge is 0.306 e. The third-order valence-electron chi connectivity index (χ3n) is 15.1. The van der Waals surface area contributed by atoms with Crippen molar-refractivity contribution >= 4 is 17.9 Å². The van der Waals surface area contributed by atoms with Crippen LogP contribution in [0.3, 0.4) is 0 Å². The molecule has 444 valence electrons. The fourth-order valence-electron chi connectivity index (χ4n) is 9.98. The number of allylic oxidation sites excluding steroid dienone is 8. The van der Waals surface area contributed by atoms with Crippen molar-refractivity contribution in [3.8, 4) is 0 Å². The molecule has 0 aromatic carbocycles. The number of carbonyl (C=O) groups excluding carboxylic acids is 3. The molecule has 1 atom stereocenters. The van der Waals surface area contributed by atoms with Crippen LogP contribution < -0.4 is 0 Å². The molecule has 0 saturated heterocycles. The summed E-state index contributed by atoms with van der Waals surface area (Å²) in [6.45, 7) is 6.66. The summed E-state index contributed by atoms with van der Waals surface area (Å²) in [5.74, 6) is -0.857. The Balaban J connectivity index is 4.23. The third kappa shape index (κ3) is 62.2. The maximum Gasteiger partial charge on any atom is 0.306 e. The van der Waals surface area contributed by atoms with E-state index >= 15 is 0 Å². The lowest BCUT2D eigenvalue weighted by atomic mass is 10.0. The van der Waals surface area contributed by atoms with Gasteiger partial charge in [-0.25, -0.2) is 0 Å². The molecule has 0 rings (SSSR count). The van der Waals surface area contributed by atoms with E-state index in [2.05, 4.69) is 69.4 Å². The summed E-state index contributed by atoms with van der Waals surface area (Å²) in [5, 5.41) is 0. The van der Waals surface area contributed by atoms with Gasteiger partial charge in [-0.3, -0.25) is 14.4 Å². The van der Waals surface area contributed by atoms with E-state index in [9.17, 15) is 14.4 Å². The predicted molar refractivity (Wildman–Crippen MR) is 330 cm³/mol. The Kier molecular flexibility index (Phi) is 62.6. The zero-order valence-electron chi connectivity index (χ0n) is 51.0. The highest BCUT2D eigenvalue weighted by Crippen LogP contribution is 2.17. The summed E-state index contributed by atoms with van der Waals surface area (Å²) in [5.41, 5.74) is 0.